The summed E-state index contributed by atoms with van der Waals surface area (Å²) in [6, 6.07) is 13.7. The average Bonchev–Trinajstić information content (AvgIpc) is 2.72. The molecule has 2 aromatic carbocycles. The second-order valence-electron chi connectivity index (χ2n) is 6.76. The number of aromatic nitrogens is 2. The van der Waals surface area contributed by atoms with Crippen LogP contribution in [0.3, 0.4) is 0 Å². The first-order valence-corrected chi connectivity index (χ1v) is 10.1. The summed E-state index contributed by atoms with van der Waals surface area (Å²) in [6.45, 7) is 4.73. The summed E-state index contributed by atoms with van der Waals surface area (Å²) in [6.07, 6.45) is 0.0540. The van der Waals surface area contributed by atoms with E-state index in [1.807, 2.05) is 13.8 Å². The second kappa shape index (κ2) is 9.54. The largest absolute Gasteiger partial charge is 0.343 e. The van der Waals surface area contributed by atoms with Crippen molar-refractivity contribution in [2.24, 2.45) is 0 Å². The van der Waals surface area contributed by atoms with Crippen LogP contribution in [0.5, 0.6) is 0 Å². The molecule has 2 amide bonds. The number of anilines is 1. The fraction of sp³-hybridized carbons (Fsp3) is 0.273. The molecular weight excluding hydrogens is 404 g/mol. The Morgan fingerprint density at radius 2 is 1.77 bits per heavy atom. The lowest BCUT2D eigenvalue weighted by Gasteiger charge is -2.19. The van der Waals surface area contributed by atoms with E-state index in [0.717, 1.165) is 4.68 Å². The lowest BCUT2D eigenvalue weighted by Crippen LogP contribution is -2.34. The first kappa shape index (κ1) is 21.5. The van der Waals surface area contributed by atoms with Crippen molar-refractivity contribution in [2.45, 2.75) is 26.8 Å². The van der Waals surface area contributed by atoms with Crippen LogP contribution < -0.4 is 10.9 Å². The Labute approximate surface area is 179 Å². The third-order valence-corrected chi connectivity index (χ3v) is 5.02. The number of amides is 2. The molecule has 0 aliphatic heterocycles. The predicted molar refractivity (Wildman–Crippen MR) is 118 cm³/mol. The summed E-state index contributed by atoms with van der Waals surface area (Å²) < 4.78 is 1.10. The van der Waals surface area contributed by atoms with Crippen molar-refractivity contribution < 1.29 is 9.59 Å². The SMILES string of the molecule is CCN(CC)C(=O)Cc1nn(CC(=O)Nc2cccc(Cl)c2)c(=O)c2ccccc12. The summed E-state index contributed by atoms with van der Waals surface area (Å²) in [5.74, 6) is -0.491. The van der Waals surface area contributed by atoms with Gasteiger partial charge in [-0.15, -0.1) is 0 Å². The molecule has 8 heteroatoms. The van der Waals surface area contributed by atoms with Gasteiger partial charge in [-0.2, -0.15) is 5.10 Å². The van der Waals surface area contributed by atoms with Crippen molar-refractivity contribution in [1.29, 1.82) is 0 Å². The van der Waals surface area contributed by atoms with Crippen LogP contribution in [0.1, 0.15) is 19.5 Å². The van der Waals surface area contributed by atoms with Gasteiger partial charge < -0.3 is 10.2 Å². The monoisotopic (exact) mass is 426 g/mol. The van der Waals surface area contributed by atoms with Crippen LogP contribution in [0.2, 0.25) is 5.02 Å². The number of likely N-dealkylation sites (N-methyl/N-ethyl adjacent to an activating group) is 1. The summed E-state index contributed by atoms with van der Waals surface area (Å²) in [7, 11) is 0. The van der Waals surface area contributed by atoms with Gasteiger partial charge in [-0.1, -0.05) is 35.9 Å². The molecule has 30 heavy (non-hydrogen) atoms. The maximum atomic E-state index is 12.9. The Hall–Kier alpha value is -3.19. The molecule has 3 aromatic rings. The second-order valence-corrected chi connectivity index (χ2v) is 7.19. The van der Waals surface area contributed by atoms with Gasteiger partial charge in [0.1, 0.15) is 6.54 Å². The van der Waals surface area contributed by atoms with Gasteiger partial charge >= 0.3 is 0 Å². The molecule has 1 aromatic heterocycles. The van der Waals surface area contributed by atoms with Gasteiger partial charge in [-0.05, 0) is 38.1 Å². The number of halogens is 1. The summed E-state index contributed by atoms with van der Waals surface area (Å²) in [5, 5.41) is 8.60. The van der Waals surface area contributed by atoms with Crippen molar-refractivity contribution in [3.05, 3.63) is 69.6 Å². The normalized spacial score (nSPS) is 10.8. The minimum atomic E-state index is -0.414. The van der Waals surface area contributed by atoms with E-state index in [2.05, 4.69) is 10.4 Å². The topological polar surface area (TPSA) is 84.3 Å². The van der Waals surface area contributed by atoms with E-state index in [9.17, 15) is 14.4 Å². The number of hydrogen-bond donors (Lipinski definition) is 1. The van der Waals surface area contributed by atoms with Gasteiger partial charge in [-0.3, -0.25) is 14.4 Å². The molecule has 0 saturated carbocycles. The molecule has 1 N–H and O–H groups in total. The summed E-state index contributed by atoms with van der Waals surface area (Å²) in [4.78, 5) is 39.7. The molecule has 3 rings (SSSR count). The quantitative estimate of drug-likeness (QED) is 0.629. The number of nitrogens with one attached hydrogen (secondary N) is 1. The van der Waals surface area contributed by atoms with Gasteiger partial charge in [0.2, 0.25) is 11.8 Å². The maximum absolute atomic E-state index is 12.9. The third-order valence-electron chi connectivity index (χ3n) is 4.78. The van der Waals surface area contributed by atoms with Crippen molar-refractivity contribution >= 4 is 39.9 Å². The number of hydrogen-bond acceptors (Lipinski definition) is 4. The van der Waals surface area contributed by atoms with Crippen LogP contribution in [0.4, 0.5) is 5.69 Å². The number of benzene rings is 2. The van der Waals surface area contributed by atoms with Crippen molar-refractivity contribution in [1.82, 2.24) is 14.7 Å². The third kappa shape index (κ3) is 4.86. The summed E-state index contributed by atoms with van der Waals surface area (Å²) in [5.41, 5.74) is 0.613. The Bertz CT molecular complexity index is 1140. The fourth-order valence-electron chi connectivity index (χ4n) is 3.28. The standard InChI is InChI=1S/C22H23ClN4O3/c1-3-26(4-2)21(29)13-19-17-10-5-6-11-18(17)22(30)27(25-19)14-20(28)24-16-9-7-8-15(23)12-16/h5-12H,3-4,13-14H2,1-2H3,(H,24,28). The molecule has 0 fully saturated rings. The zero-order valence-corrected chi connectivity index (χ0v) is 17.6. The van der Waals surface area contributed by atoms with Gasteiger partial charge in [0.25, 0.3) is 5.56 Å². The van der Waals surface area contributed by atoms with Crippen LogP contribution in [-0.2, 0) is 22.6 Å². The van der Waals surface area contributed by atoms with E-state index < -0.39 is 5.91 Å². The zero-order chi connectivity index (χ0) is 21.7. The number of fused-ring (bicyclic) bond motifs is 1. The molecule has 0 spiro atoms. The van der Waals surface area contributed by atoms with Crippen LogP contribution >= 0.6 is 11.6 Å². The van der Waals surface area contributed by atoms with E-state index in [1.165, 1.54) is 0 Å². The van der Waals surface area contributed by atoms with E-state index in [4.69, 9.17) is 11.6 Å². The van der Waals surface area contributed by atoms with Crippen LogP contribution in [0.25, 0.3) is 10.8 Å². The van der Waals surface area contributed by atoms with Crippen molar-refractivity contribution in [3.63, 3.8) is 0 Å². The van der Waals surface area contributed by atoms with Gasteiger partial charge in [-0.25, -0.2) is 4.68 Å². The Morgan fingerprint density at radius 1 is 1.07 bits per heavy atom. The predicted octanol–water partition coefficient (Wildman–Crippen LogP) is 3.10. The van der Waals surface area contributed by atoms with Crippen molar-refractivity contribution in [3.8, 4) is 0 Å². The highest BCUT2D eigenvalue weighted by molar-refractivity contribution is 6.30. The highest BCUT2D eigenvalue weighted by Crippen LogP contribution is 2.16. The highest BCUT2D eigenvalue weighted by Gasteiger charge is 2.17. The van der Waals surface area contributed by atoms with E-state index in [0.29, 0.717) is 40.3 Å². The first-order valence-electron chi connectivity index (χ1n) is 9.74. The Morgan fingerprint density at radius 3 is 2.43 bits per heavy atom. The molecule has 0 radical (unpaired) electrons. The molecule has 0 atom stereocenters. The minimum Gasteiger partial charge on any atom is -0.343 e. The van der Waals surface area contributed by atoms with Crippen LogP contribution in [0.15, 0.2) is 53.3 Å². The van der Waals surface area contributed by atoms with Crippen molar-refractivity contribution in [2.75, 3.05) is 18.4 Å². The molecule has 0 saturated heterocycles. The molecule has 0 aliphatic rings. The fourth-order valence-corrected chi connectivity index (χ4v) is 3.47. The lowest BCUT2D eigenvalue weighted by atomic mass is 10.1. The van der Waals surface area contributed by atoms with Crippen LogP contribution in [0, 0.1) is 0 Å². The molecule has 0 unspecified atom stereocenters. The van der Waals surface area contributed by atoms with E-state index >= 15 is 0 Å². The van der Waals surface area contributed by atoms with E-state index in [-0.39, 0.29) is 24.4 Å². The van der Waals surface area contributed by atoms with Crippen LogP contribution in [-0.4, -0.2) is 39.6 Å². The number of carbonyl (C=O) groups is 2. The number of nitrogens with zero attached hydrogens (tertiary/aromatic N) is 3. The number of carbonyl (C=O) groups excluding carboxylic acids is 2. The number of rotatable bonds is 7. The molecule has 156 valence electrons. The minimum absolute atomic E-state index is 0.0540. The molecule has 7 nitrogen and oxygen atoms in total. The first-order chi connectivity index (χ1) is 14.4. The summed E-state index contributed by atoms with van der Waals surface area (Å²) >= 11 is 5.94. The Balaban J connectivity index is 1.92. The van der Waals surface area contributed by atoms with Gasteiger partial charge in [0.05, 0.1) is 17.5 Å². The maximum Gasteiger partial charge on any atom is 0.275 e. The molecular formula is C22H23ClN4O3. The lowest BCUT2D eigenvalue weighted by molar-refractivity contribution is -0.130. The van der Waals surface area contributed by atoms with Gasteiger partial charge in [0.15, 0.2) is 0 Å². The Kier molecular flexibility index (Phi) is 6.84. The average molecular weight is 427 g/mol. The molecule has 0 bridgehead atoms. The van der Waals surface area contributed by atoms with E-state index in [1.54, 1.807) is 53.4 Å². The smallest absolute Gasteiger partial charge is 0.275 e. The molecule has 1 heterocycles. The zero-order valence-electron chi connectivity index (χ0n) is 16.9. The molecule has 0 aliphatic carbocycles. The highest BCUT2D eigenvalue weighted by atomic mass is 35.5. The van der Waals surface area contributed by atoms with Gasteiger partial charge in [0, 0.05) is 29.2 Å².